The Kier molecular flexibility index (Phi) is 5.09. The Bertz CT molecular complexity index is 1150. The van der Waals surface area contributed by atoms with Gasteiger partial charge >= 0.3 is 11.9 Å². The zero-order chi connectivity index (χ0) is 19.6. The molecule has 2 aromatic carbocycles. The number of fused-ring (bicyclic) bond motifs is 1. The van der Waals surface area contributed by atoms with Gasteiger partial charge in [0.05, 0.1) is 19.0 Å². The number of nitrogens with zero attached hydrogens (tertiary/aromatic N) is 1. The van der Waals surface area contributed by atoms with E-state index in [1.165, 1.54) is 30.3 Å². The number of halogens is 1. The van der Waals surface area contributed by atoms with Crippen molar-refractivity contribution >= 4 is 34.0 Å². The molecule has 0 aliphatic heterocycles. The van der Waals surface area contributed by atoms with Crippen LogP contribution in [-0.2, 0) is 11.3 Å². The molecule has 138 valence electrons. The molecule has 0 N–H and O–H groups in total. The van der Waals surface area contributed by atoms with Crippen molar-refractivity contribution in [1.82, 2.24) is 4.57 Å². The second-order valence-electron chi connectivity index (χ2n) is 5.42. The van der Waals surface area contributed by atoms with Crippen LogP contribution in [-0.4, -0.2) is 23.1 Å². The zero-order valence-corrected chi connectivity index (χ0v) is 14.7. The number of ether oxygens (including phenoxy) is 2. The molecule has 0 saturated heterocycles. The fourth-order valence-corrected chi connectivity index (χ4v) is 2.56. The van der Waals surface area contributed by atoms with Crippen molar-refractivity contribution in [3.8, 4) is 5.75 Å². The third kappa shape index (κ3) is 3.75. The molecule has 0 aliphatic rings. The van der Waals surface area contributed by atoms with Gasteiger partial charge < -0.3 is 13.9 Å². The van der Waals surface area contributed by atoms with Gasteiger partial charge in [0.25, 0.3) is 10.8 Å². The molecule has 0 atom stereocenters. The van der Waals surface area contributed by atoms with E-state index in [1.54, 1.807) is 12.1 Å². The number of hydrogen-bond acceptors (Lipinski definition) is 7. The Morgan fingerprint density at radius 3 is 2.44 bits per heavy atom. The molecular weight excluding hydrogens is 378 g/mol. The number of aromatic nitrogens is 1. The minimum atomic E-state index is -1.01. The quantitative estimate of drug-likeness (QED) is 0.383. The van der Waals surface area contributed by atoms with Gasteiger partial charge in [0.15, 0.2) is 11.3 Å². The van der Waals surface area contributed by atoms with E-state index in [1.807, 2.05) is 0 Å². The van der Waals surface area contributed by atoms with E-state index in [0.717, 1.165) is 11.7 Å². The highest BCUT2D eigenvalue weighted by molar-refractivity contribution is 6.67. The number of carbonyl (C=O) groups is 2. The van der Waals surface area contributed by atoms with Gasteiger partial charge in [-0.2, -0.15) is 0 Å². The zero-order valence-electron chi connectivity index (χ0n) is 13.9. The molecule has 0 amide bonds. The maximum absolute atomic E-state index is 12.7. The first-order valence-corrected chi connectivity index (χ1v) is 7.99. The lowest BCUT2D eigenvalue weighted by Crippen LogP contribution is -2.33. The number of rotatable bonds is 4. The first kappa shape index (κ1) is 18.4. The molecule has 27 heavy (non-hydrogen) atoms. The van der Waals surface area contributed by atoms with E-state index >= 15 is 0 Å². The van der Waals surface area contributed by atoms with Crippen molar-refractivity contribution in [3.05, 3.63) is 74.5 Å². The lowest BCUT2D eigenvalue weighted by molar-refractivity contribution is 0.108. The van der Waals surface area contributed by atoms with Gasteiger partial charge in [0, 0.05) is 5.56 Å². The summed E-state index contributed by atoms with van der Waals surface area (Å²) in [7, 11) is 1.12. The van der Waals surface area contributed by atoms with Gasteiger partial charge in [0.1, 0.15) is 0 Å². The molecule has 1 heterocycles. The Morgan fingerprint density at radius 2 is 1.81 bits per heavy atom. The number of benzene rings is 2. The van der Waals surface area contributed by atoms with Crippen LogP contribution in [0.4, 0.5) is 4.79 Å². The smallest absolute Gasteiger partial charge is 0.437 e. The largest absolute Gasteiger partial charge is 0.513 e. The summed E-state index contributed by atoms with van der Waals surface area (Å²) in [6.45, 7) is -0.0735. The van der Waals surface area contributed by atoms with Crippen LogP contribution in [0, 0.1) is 0 Å². The maximum atomic E-state index is 12.7. The van der Waals surface area contributed by atoms with E-state index in [2.05, 4.69) is 4.74 Å². The Balaban J connectivity index is 2.05. The van der Waals surface area contributed by atoms with E-state index < -0.39 is 22.7 Å². The van der Waals surface area contributed by atoms with Crippen LogP contribution in [0.25, 0.3) is 11.0 Å². The third-order valence-electron chi connectivity index (χ3n) is 3.75. The van der Waals surface area contributed by atoms with Crippen LogP contribution in [0.2, 0.25) is 0 Å². The van der Waals surface area contributed by atoms with Crippen molar-refractivity contribution in [3.63, 3.8) is 0 Å². The number of hydrogen-bond donors (Lipinski definition) is 0. The average molecular weight is 390 g/mol. The summed E-state index contributed by atoms with van der Waals surface area (Å²) >= 11 is 5.39. The molecule has 3 aromatic rings. The van der Waals surface area contributed by atoms with Crippen molar-refractivity contribution in [1.29, 1.82) is 0 Å². The van der Waals surface area contributed by atoms with Gasteiger partial charge in [-0.3, -0.25) is 9.59 Å². The van der Waals surface area contributed by atoms with Crippen LogP contribution >= 0.6 is 11.6 Å². The summed E-state index contributed by atoms with van der Waals surface area (Å²) in [5, 5.41) is -0.550. The summed E-state index contributed by atoms with van der Waals surface area (Å²) in [6, 6.07) is 10.4. The Hall–Kier alpha value is -3.39. The van der Waals surface area contributed by atoms with Crippen LogP contribution < -0.4 is 16.1 Å². The van der Waals surface area contributed by atoms with E-state index in [0.29, 0.717) is 11.1 Å². The predicted molar refractivity (Wildman–Crippen MR) is 95.5 cm³/mol. The number of methoxy groups -OCH3 is 1. The van der Waals surface area contributed by atoms with Crippen LogP contribution in [0.5, 0.6) is 5.75 Å². The number of para-hydroxylation sites is 1. The SMILES string of the molecule is COC(=O)Oc1cccc2c(=O)n(Cc3ccc(C(=O)Cl)cc3)c(=O)oc12. The summed E-state index contributed by atoms with van der Waals surface area (Å²) in [5.74, 6) is -1.03. The summed E-state index contributed by atoms with van der Waals surface area (Å²) < 4.78 is 15.4. The van der Waals surface area contributed by atoms with Crippen molar-refractivity contribution in [2.75, 3.05) is 7.11 Å². The van der Waals surface area contributed by atoms with Crippen molar-refractivity contribution in [2.45, 2.75) is 6.54 Å². The number of carbonyl (C=O) groups excluding carboxylic acids is 2. The Labute approximate surface area is 156 Å². The van der Waals surface area contributed by atoms with Gasteiger partial charge in [-0.15, -0.1) is 0 Å². The molecule has 0 saturated carbocycles. The third-order valence-corrected chi connectivity index (χ3v) is 3.96. The molecule has 8 nitrogen and oxygen atoms in total. The summed E-state index contributed by atoms with van der Waals surface area (Å²) in [6.07, 6.45) is -1.01. The molecule has 0 aliphatic carbocycles. The molecule has 0 unspecified atom stereocenters. The van der Waals surface area contributed by atoms with Crippen molar-refractivity contribution < 1.29 is 23.5 Å². The molecular formula is C18H12ClNO7. The second kappa shape index (κ2) is 7.46. The normalized spacial score (nSPS) is 10.6. The molecule has 0 fully saturated rings. The van der Waals surface area contributed by atoms with Gasteiger partial charge in [0.2, 0.25) is 0 Å². The van der Waals surface area contributed by atoms with Crippen LogP contribution in [0.3, 0.4) is 0 Å². The lowest BCUT2D eigenvalue weighted by atomic mass is 10.1. The summed E-state index contributed by atoms with van der Waals surface area (Å²) in [5.41, 5.74) is 0.113. The maximum Gasteiger partial charge on any atom is 0.513 e. The standard InChI is InChI=1S/C18H12ClNO7/c1-25-18(24)26-13-4-2-3-12-14(13)27-17(23)20(16(12)22)9-10-5-7-11(8-6-10)15(19)21/h2-8H,9H2,1H3. The van der Waals surface area contributed by atoms with E-state index in [-0.39, 0.29) is 23.3 Å². The van der Waals surface area contributed by atoms with Crippen LogP contribution in [0.1, 0.15) is 15.9 Å². The fourth-order valence-electron chi connectivity index (χ4n) is 2.43. The van der Waals surface area contributed by atoms with Crippen LogP contribution in [0.15, 0.2) is 56.5 Å². The average Bonchev–Trinajstić information content (AvgIpc) is 2.66. The van der Waals surface area contributed by atoms with Gasteiger partial charge in [-0.25, -0.2) is 14.2 Å². The highest BCUT2D eigenvalue weighted by Gasteiger charge is 2.16. The topological polar surface area (TPSA) is 105 Å². The highest BCUT2D eigenvalue weighted by Crippen LogP contribution is 2.22. The minimum Gasteiger partial charge on any atom is -0.437 e. The van der Waals surface area contributed by atoms with E-state index in [4.69, 9.17) is 20.8 Å². The molecule has 9 heteroatoms. The highest BCUT2D eigenvalue weighted by atomic mass is 35.5. The van der Waals surface area contributed by atoms with Gasteiger partial charge in [-0.1, -0.05) is 18.2 Å². The first-order valence-electron chi connectivity index (χ1n) is 7.62. The molecule has 0 spiro atoms. The van der Waals surface area contributed by atoms with E-state index in [9.17, 15) is 19.2 Å². The minimum absolute atomic E-state index is 0.0589. The molecule has 1 aromatic heterocycles. The molecule has 0 bridgehead atoms. The van der Waals surface area contributed by atoms with Crippen molar-refractivity contribution in [2.24, 2.45) is 0 Å². The van der Waals surface area contributed by atoms with Gasteiger partial charge in [-0.05, 0) is 41.4 Å². The monoisotopic (exact) mass is 389 g/mol. The molecule has 0 radical (unpaired) electrons. The predicted octanol–water partition coefficient (Wildman–Crippen LogP) is 2.53. The first-order chi connectivity index (χ1) is 12.9. The molecule has 3 rings (SSSR count). The fraction of sp³-hybridized carbons (Fsp3) is 0.111. The lowest BCUT2D eigenvalue weighted by Gasteiger charge is -2.08. The summed E-state index contributed by atoms with van der Waals surface area (Å²) in [4.78, 5) is 47.4. The second-order valence-corrected chi connectivity index (χ2v) is 5.76. The Morgan fingerprint density at radius 1 is 1.11 bits per heavy atom.